The maximum Gasteiger partial charge on any atom is 0.128 e. The summed E-state index contributed by atoms with van der Waals surface area (Å²) in [6.45, 7) is 0. The van der Waals surface area contributed by atoms with Gasteiger partial charge in [0, 0.05) is 39.8 Å². The van der Waals surface area contributed by atoms with Gasteiger partial charge in [0.05, 0.1) is 0 Å². The van der Waals surface area contributed by atoms with Crippen LogP contribution in [0.4, 0.5) is 22.7 Å². The van der Waals surface area contributed by atoms with Crippen LogP contribution in [0.5, 0.6) is 5.75 Å². The lowest BCUT2D eigenvalue weighted by Gasteiger charge is -2.14. The summed E-state index contributed by atoms with van der Waals surface area (Å²) in [6, 6.07) is 51.3. The van der Waals surface area contributed by atoms with Gasteiger partial charge in [-0.05, 0) is 88.5 Å². The molecule has 1 aliphatic carbocycles. The van der Waals surface area contributed by atoms with Crippen molar-refractivity contribution in [2.45, 2.75) is 12.0 Å². The third-order valence-electron chi connectivity index (χ3n) is 8.62. The van der Waals surface area contributed by atoms with Gasteiger partial charge in [0.15, 0.2) is 0 Å². The fourth-order valence-corrected chi connectivity index (χ4v) is 6.24. The van der Waals surface area contributed by atoms with E-state index in [-0.39, 0.29) is 6.10 Å². The Morgan fingerprint density at radius 1 is 0.444 bits per heavy atom. The zero-order chi connectivity index (χ0) is 30.0. The van der Waals surface area contributed by atoms with Crippen molar-refractivity contribution < 1.29 is 4.74 Å². The third-order valence-corrected chi connectivity index (χ3v) is 8.62. The largest absolute Gasteiger partial charge is 0.485 e. The minimum Gasteiger partial charge on any atom is -0.485 e. The highest BCUT2D eigenvalue weighted by molar-refractivity contribution is 5.81. The highest BCUT2D eigenvalue weighted by Gasteiger charge is 2.32. The second-order valence-corrected chi connectivity index (χ2v) is 11.5. The summed E-state index contributed by atoms with van der Waals surface area (Å²) in [5, 5.41) is 7.15. The Labute approximate surface area is 264 Å². The molecular weight excluding hydrogens is 548 g/mol. The standard InChI is InChI=1S/C42H32N2O/c1-2-8-32(9-3-1)37-10-4-6-12-40(37)44-36-25-16-30(17-26-36)29-14-21-34(22-15-29)43-35-23-18-31(19-24-35)33-20-27-42-39(28-33)38-11-5-7-13-41(38)45-42/h1-28,38,41,43-44H. The monoisotopic (exact) mass is 580 g/mol. The van der Waals surface area contributed by atoms with E-state index in [0.717, 1.165) is 28.5 Å². The van der Waals surface area contributed by atoms with E-state index in [1.54, 1.807) is 0 Å². The lowest BCUT2D eigenvalue weighted by molar-refractivity contribution is 0.269. The Balaban J connectivity index is 0.925. The van der Waals surface area contributed by atoms with Crippen LogP contribution in [0.3, 0.4) is 0 Å². The average molecular weight is 581 g/mol. The topological polar surface area (TPSA) is 33.3 Å². The van der Waals surface area contributed by atoms with Crippen LogP contribution < -0.4 is 15.4 Å². The summed E-state index contributed by atoms with van der Waals surface area (Å²) >= 11 is 0. The number of rotatable bonds is 7. The molecule has 0 radical (unpaired) electrons. The average Bonchev–Trinajstić information content (AvgIpc) is 3.48. The molecule has 0 fully saturated rings. The number of hydrogen-bond donors (Lipinski definition) is 2. The van der Waals surface area contributed by atoms with Crippen molar-refractivity contribution in [3.63, 3.8) is 0 Å². The number of fused-ring (bicyclic) bond motifs is 3. The van der Waals surface area contributed by atoms with Gasteiger partial charge in [-0.2, -0.15) is 0 Å². The van der Waals surface area contributed by atoms with Gasteiger partial charge >= 0.3 is 0 Å². The first-order valence-electron chi connectivity index (χ1n) is 15.4. The van der Waals surface area contributed by atoms with Gasteiger partial charge < -0.3 is 15.4 Å². The Morgan fingerprint density at radius 2 is 1.00 bits per heavy atom. The number of anilines is 4. The Hall–Kier alpha value is -5.80. The van der Waals surface area contributed by atoms with Gasteiger partial charge in [-0.15, -0.1) is 0 Å². The molecule has 3 nitrogen and oxygen atoms in total. The van der Waals surface area contributed by atoms with Crippen LogP contribution in [0, 0.1) is 0 Å². The van der Waals surface area contributed by atoms with E-state index < -0.39 is 0 Å². The number of benzene rings is 6. The lowest BCUT2D eigenvalue weighted by atomic mass is 9.90. The molecule has 0 spiro atoms. The maximum absolute atomic E-state index is 6.12. The predicted octanol–water partition coefficient (Wildman–Crippen LogP) is 11.1. The van der Waals surface area contributed by atoms with E-state index in [1.807, 2.05) is 6.07 Å². The first kappa shape index (κ1) is 26.8. The van der Waals surface area contributed by atoms with Crippen LogP contribution in [0.2, 0.25) is 0 Å². The number of hydrogen-bond acceptors (Lipinski definition) is 3. The van der Waals surface area contributed by atoms with Crippen molar-refractivity contribution in [3.8, 4) is 39.1 Å². The van der Waals surface area contributed by atoms with Crippen LogP contribution in [0.1, 0.15) is 11.5 Å². The fourth-order valence-electron chi connectivity index (χ4n) is 6.24. The van der Waals surface area contributed by atoms with Crippen molar-refractivity contribution in [2.24, 2.45) is 0 Å². The fraction of sp³-hybridized carbons (Fsp3) is 0.0476. The molecular formula is C42H32N2O. The van der Waals surface area contributed by atoms with Crippen LogP contribution in [0.15, 0.2) is 170 Å². The molecule has 2 N–H and O–H groups in total. The highest BCUT2D eigenvalue weighted by Crippen LogP contribution is 2.43. The van der Waals surface area contributed by atoms with E-state index in [4.69, 9.17) is 4.74 Å². The molecule has 0 amide bonds. The summed E-state index contributed by atoms with van der Waals surface area (Å²) < 4.78 is 6.12. The predicted molar refractivity (Wildman–Crippen MR) is 188 cm³/mol. The molecule has 2 unspecified atom stereocenters. The Kier molecular flexibility index (Phi) is 6.97. The molecule has 2 aliphatic rings. The van der Waals surface area contributed by atoms with Gasteiger partial charge in [0.1, 0.15) is 11.9 Å². The van der Waals surface area contributed by atoms with Crippen LogP contribution in [-0.4, -0.2) is 6.10 Å². The Bertz CT molecular complexity index is 2010. The summed E-state index contributed by atoms with van der Waals surface area (Å²) in [5.74, 6) is 1.29. The second kappa shape index (κ2) is 11.7. The molecule has 0 bridgehead atoms. The summed E-state index contributed by atoms with van der Waals surface area (Å²) in [4.78, 5) is 0. The minimum absolute atomic E-state index is 0.114. The quantitative estimate of drug-likeness (QED) is 0.197. The molecule has 6 aromatic rings. The van der Waals surface area contributed by atoms with Gasteiger partial charge in [-0.25, -0.2) is 0 Å². The smallest absolute Gasteiger partial charge is 0.128 e. The van der Waals surface area contributed by atoms with Gasteiger partial charge in [-0.3, -0.25) is 0 Å². The van der Waals surface area contributed by atoms with Crippen LogP contribution in [0.25, 0.3) is 33.4 Å². The lowest BCUT2D eigenvalue weighted by Crippen LogP contribution is -2.15. The summed E-state index contributed by atoms with van der Waals surface area (Å²) in [6.07, 6.45) is 8.66. The molecule has 6 aromatic carbocycles. The van der Waals surface area contributed by atoms with Crippen molar-refractivity contribution in [1.82, 2.24) is 0 Å². The molecule has 0 saturated carbocycles. The van der Waals surface area contributed by atoms with Gasteiger partial charge in [0.2, 0.25) is 0 Å². The zero-order valence-electron chi connectivity index (χ0n) is 24.7. The molecule has 8 rings (SSSR count). The first-order chi connectivity index (χ1) is 22.3. The molecule has 45 heavy (non-hydrogen) atoms. The maximum atomic E-state index is 6.12. The number of ether oxygens (including phenoxy) is 1. The molecule has 216 valence electrons. The molecule has 3 heteroatoms. The normalized spacial score (nSPS) is 16.0. The molecule has 0 saturated heterocycles. The molecule has 1 aliphatic heterocycles. The zero-order valence-corrected chi connectivity index (χ0v) is 24.7. The molecule has 0 aromatic heterocycles. The Morgan fingerprint density at radius 3 is 1.69 bits per heavy atom. The van der Waals surface area contributed by atoms with E-state index in [0.29, 0.717) is 5.92 Å². The van der Waals surface area contributed by atoms with Crippen molar-refractivity contribution in [3.05, 3.63) is 175 Å². The third kappa shape index (κ3) is 5.52. The van der Waals surface area contributed by atoms with Gasteiger partial charge in [-0.1, -0.05) is 109 Å². The summed E-state index contributed by atoms with van der Waals surface area (Å²) in [7, 11) is 0. The minimum atomic E-state index is 0.114. The van der Waals surface area contributed by atoms with Crippen LogP contribution >= 0.6 is 0 Å². The van der Waals surface area contributed by atoms with E-state index in [9.17, 15) is 0 Å². The highest BCUT2D eigenvalue weighted by atomic mass is 16.5. The SMILES string of the molecule is C1=CC2Oc3ccc(-c4ccc(Nc5ccc(-c6ccc(Nc7ccccc7-c7ccccc7)cc6)cc5)cc4)cc3C2C=C1. The number of para-hydroxylation sites is 1. The molecule has 1 heterocycles. The van der Waals surface area contributed by atoms with Crippen molar-refractivity contribution in [2.75, 3.05) is 10.6 Å². The summed E-state index contributed by atoms with van der Waals surface area (Å²) in [5.41, 5.74) is 12.7. The second-order valence-electron chi connectivity index (χ2n) is 11.5. The number of nitrogens with one attached hydrogen (secondary N) is 2. The van der Waals surface area contributed by atoms with Gasteiger partial charge in [0.25, 0.3) is 0 Å². The number of allylic oxidation sites excluding steroid dienone is 2. The first-order valence-corrected chi connectivity index (χ1v) is 15.4. The van der Waals surface area contributed by atoms with E-state index >= 15 is 0 Å². The van der Waals surface area contributed by atoms with E-state index in [2.05, 4.69) is 174 Å². The van der Waals surface area contributed by atoms with E-state index in [1.165, 1.54) is 38.9 Å². The molecule has 2 atom stereocenters. The van der Waals surface area contributed by atoms with Crippen LogP contribution in [-0.2, 0) is 0 Å². The van der Waals surface area contributed by atoms with Crippen molar-refractivity contribution >= 4 is 22.7 Å². The van der Waals surface area contributed by atoms with Crippen molar-refractivity contribution in [1.29, 1.82) is 0 Å².